The fourth-order valence-electron chi connectivity index (χ4n) is 1.58. The molecule has 1 aromatic carbocycles. The highest BCUT2D eigenvalue weighted by Crippen LogP contribution is 2.12. The summed E-state index contributed by atoms with van der Waals surface area (Å²) in [5, 5.41) is 8.56. The minimum atomic E-state index is 0.423. The Hall–Kier alpha value is -2.25. The molecule has 4 heteroatoms. The van der Waals surface area contributed by atoms with Crippen molar-refractivity contribution in [3.05, 3.63) is 54.0 Å². The second kappa shape index (κ2) is 7.24. The average Bonchev–Trinajstić information content (AvgIpc) is 2.94. The first kappa shape index (κ1) is 13.2. The molecule has 0 spiro atoms. The molecule has 0 aliphatic heterocycles. The van der Waals surface area contributed by atoms with Crippen molar-refractivity contribution in [2.24, 2.45) is 0 Å². The summed E-state index contributed by atoms with van der Waals surface area (Å²) < 4.78 is 16.1. The van der Waals surface area contributed by atoms with Crippen LogP contribution in [0.25, 0.3) is 0 Å². The number of nitriles is 1. The molecule has 98 valence electrons. The summed E-state index contributed by atoms with van der Waals surface area (Å²) >= 11 is 0. The molecular weight excluding hydrogens is 242 g/mol. The summed E-state index contributed by atoms with van der Waals surface area (Å²) in [5.41, 5.74) is 0.990. The van der Waals surface area contributed by atoms with Gasteiger partial charge in [-0.2, -0.15) is 5.26 Å². The van der Waals surface area contributed by atoms with Gasteiger partial charge in [0.15, 0.2) is 0 Å². The predicted molar refractivity (Wildman–Crippen MR) is 69.6 cm³/mol. The van der Waals surface area contributed by atoms with Crippen LogP contribution in [-0.2, 0) is 17.8 Å². The van der Waals surface area contributed by atoms with Gasteiger partial charge in [-0.25, -0.2) is 0 Å². The molecule has 19 heavy (non-hydrogen) atoms. The number of furan rings is 1. The van der Waals surface area contributed by atoms with Crippen LogP contribution < -0.4 is 4.74 Å². The molecule has 0 N–H and O–H groups in total. The number of nitrogens with zero attached hydrogens (tertiary/aromatic N) is 1. The van der Waals surface area contributed by atoms with Gasteiger partial charge in [0, 0.05) is 0 Å². The molecule has 0 saturated carbocycles. The van der Waals surface area contributed by atoms with E-state index in [-0.39, 0.29) is 0 Å². The maximum atomic E-state index is 8.56. The van der Waals surface area contributed by atoms with Gasteiger partial charge >= 0.3 is 0 Å². The molecule has 0 unspecified atom stereocenters. The van der Waals surface area contributed by atoms with Crippen molar-refractivity contribution in [3.63, 3.8) is 0 Å². The SMILES string of the molecule is N#CCc1ccc(OCCOCc2ccco2)cc1. The lowest BCUT2D eigenvalue weighted by molar-refractivity contribution is 0.0781. The van der Waals surface area contributed by atoms with Crippen LogP contribution >= 0.6 is 0 Å². The first-order valence-corrected chi connectivity index (χ1v) is 6.07. The Labute approximate surface area is 112 Å². The molecule has 0 radical (unpaired) electrons. The van der Waals surface area contributed by atoms with E-state index in [1.165, 1.54) is 0 Å². The van der Waals surface area contributed by atoms with Crippen LogP contribution in [-0.4, -0.2) is 13.2 Å². The van der Waals surface area contributed by atoms with Crippen molar-refractivity contribution in [2.45, 2.75) is 13.0 Å². The molecule has 4 nitrogen and oxygen atoms in total. The third kappa shape index (κ3) is 4.49. The predicted octanol–water partition coefficient (Wildman–Crippen LogP) is 2.94. The van der Waals surface area contributed by atoms with Gasteiger partial charge in [0.2, 0.25) is 0 Å². The van der Waals surface area contributed by atoms with E-state index >= 15 is 0 Å². The van der Waals surface area contributed by atoms with Crippen molar-refractivity contribution < 1.29 is 13.9 Å². The lowest BCUT2D eigenvalue weighted by atomic mass is 10.2. The fraction of sp³-hybridized carbons (Fsp3) is 0.267. The van der Waals surface area contributed by atoms with Crippen molar-refractivity contribution in [2.75, 3.05) is 13.2 Å². The Kier molecular flexibility index (Phi) is 5.03. The van der Waals surface area contributed by atoms with Crippen LogP contribution in [0.1, 0.15) is 11.3 Å². The summed E-state index contributed by atoms with van der Waals surface area (Å²) in [6, 6.07) is 13.3. The third-order valence-electron chi connectivity index (χ3n) is 2.53. The van der Waals surface area contributed by atoms with Crippen LogP contribution in [0, 0.1) is 11.3 Å². The Morgan fingerprint density at radius 3 is 2.63 bits per heavy atom. The standard InChI is InChI=1S/C15H15NO3/c16-8-7-13-3-5-14(6-4-13)19-11-10-17-12-15-2-1-9-18-15/h1-6,9H,7,10-12H2. The van der Waals surface area contributed by atoms with Gasteiger partial charge in [-0.15, -0.1) is 0 Å². The van der Waals surface area contributed by atoms with Gasteiger partial charge in [-0.3, -0.25) is 0 Å². The zero-order valence-corrected chi connectivity index (χ0v) is 10.5. The normalized spacial score (nSPS) is 10.1. The van der Waals surface area contributed by atoms with E-state index in [0.29, 0.717) is 26.2 Å². The maximum absolute atomic E-state index is 8.56. The van der Waals surface area contributed by atoms with Crippen molar-refractivity contribution in [1.29, 1.82) is 5.26 Å². The summed E-state index contributed by atoms with van der Waals surface area (Å²) in [5.74, 6) is 1.59. The molecule has 0 bridgehead atoms. The van der Waals surface area contributed by atoms with Gasteiger partial charge in [0.1, 0.15) is 24.7 Å². The van der Waals surface area contributed by atoms with Crippen LogP contribution in [0.3, 0.4) is 0 Å². The van der Waals surface area contributed by atoms with Gasteiger partial charge < -0.3 is 13.9 Å². The summed E-state index contributed by atoms with van der Waals surface area (Å²) in [7, 11) is 0. The summed E-state index contributed by atoms with van der Waals surface area (Å²) in [6.45, 7) is 1.44. The third-order valence-corrected chi connectivity index (χ3v) is 2.53. The number of rotatable bonds is 7. The molecule has 2 aromatic rings. The largest absolute Gasteiger partial charge is 0.491 e. The number of ether oxygens (including phenoxy) is 2. The van der Waals surface area contributed by atoms with Gasteiger partial charge in [0.25, 0.3) is 0 Å². The molecule has 0 fully saturated rings. The highest BCUT2D eigenvalue weighted by Gasteiger charge is 1.97. The number of hydrogen-bond acceptors (Lipinski definition) is 4. The van der Waals surface area contributed by atoms with Crippen molar-refractivity contribution in [1.82, 2.24) is 0 Å². The second-order valence-corrected chi connectivity index (χ2v) is 3.96. The van der Waals surface area contributed by atoms with Gasteiger partial charge in [0.05, 0.1) is 25.4 Å². The molecule has 1 aromatic heterocycles. The lowest BCUT2D eigenvalue weighted by Crippen LogP contribution is -2.06. The zero-order valence-electron chi connectivity index (χ0n) is 10.5. The minimum absolute atomic E-state index is 0.423. The van der Waals surface area contributed by atoms with Gasteiger partial charge in [-0.05, 0) is 29.8 Å². The van der Waals surface area contributed by atoms with E-state index < -0.39 is 0 Å². The summed E-state index contributed by atoms with van der Waals surface area (Å²) in [4.78, 5) is 0. The molecule has 0 saturated heterocycles. The van der Waals surface area contributed by atoms with E-state index in [9.17, 15) is 0 Å². The highest BCUT2D eigenvalue weighted by molar-refractivity contribution is 5.28. The Morgan fingerprint density at radius 1 is 1.11 bits per heavy atom. The lowest BCUT2D eigenvalue weighted by Gasteiger charge is -2.06. The van der Waals surface area contributed by atoms with E-state index in [0.717, 1.165) is 17.1 Å². The first-order valence-electron chi connectivity index (χ1n) is 6.07. The Morgan fingerprint density at radius 2 is 1.95 bits per heavy atom. The number of hydrogen-bond donors (Lipinski definition) is 0. The molecule has 2 rings (SSSR count). The highest BCUT2D eigenvalue weighted by atomic mass is 16.5. The molecular formula is C15H15NO3. The molecule has 0 amide bonds. The van der Waals surface area contributed by atoms with Gasteiger partial charge in [-0.1, -0.05) is 12.1 Å². The Bertz CT molecular complexity index is 511. The summed E-state index contributed by atoms with van der Waals surface area (Å²) in [6.07, 6.45) is 2.05. The van der Waals surface area contributed by atoms with E-state index in [4.69, 9.17) is 19.2 Å². The van der Waals surface area contributed by atoms with Crippen LogP contribution in [0.15, 0.2) is 47.1 Å². The maximum Gasteiger partial charge on any atom is 0.129 e. The molecule has 0 atom stereocenters. The van der Waals surface area contributed by atoms with E-state index in [2.05, 4.69) is 6.07 Å². The Balaban J connectivity index is 1.64. The quantitative estimate of drug-likeness (QED) is 0.715. The monoisotopic (exact) mass is 257 g/mol. The van der Waals surface area contributed by atoms with Crippen molar-refractivity contribution in [3.8, 4) is 11.8 Å². The van der Waals surface area contributed by atoms with Crippen LogP contribution in [0.5, 0.6) is 5.75 Å². The molecule has 0 aliphatic rings. The van der Waals surface area contributed by atoms with E-state index in [1.807, 2.05) is 36.4 Å². The second-order valence-electron chi connectivity index (χ2n) is 3.96. The van der Waals surface area contributed by atoms with Crippen molar-refractivity contribution >= 4 is 0 Å². The minimum Gasteiger partial charge on any atom is -0.491 e. The van der Waals surface area contributed by atoms with Crippen LogP contribution in [0.2, 0.25) is 0 Å². The first-order chi connectivity index (χ1) is 9.38. The molecule has 0 aliphatic carbocycles. The van der Waals surface area contributed by atoms with E-state index in [1.54, 1.807) is 6.26 Å². The fourth-order valence-corrected chi connectivity index (χ4v) is 1.58. The molecule has 1 heterocycles. The average molecular weight is 257 g/mol. The number of benzene rings is 1. The smallest absolute Gasteiger partial charge is 0.129 e. The topological polar surface area (TPSA) is 55.4 Å². The van der Waals surface area contributed by atoms with Crippen LogP contribution in [0.4, 0.5) is 0 Å². The zero-order chi connectivity index (χ0) is 13.3.